The van der Waals surface area contributed by atoms with Crippen LogP contribution in [0.3, 0.4) is 0 Å². The maximum absolute atomic E-state index is 11.2. The normalized spacial score (nSPS) is 10.4. The van der Waals surface area contributed by atoms with Gasteiger partial charge in [-0.15, -0.1) is 11.6 Å². The molecule has 0 saturated heterocycles. The zero-order valence-corrected chi connectivity index (χ0v) is 12.5. The van der Waals surface area contributed by atoms with Crippen LogP contribution in [0.25, 0.3) is 0 Å². The van der Waals surface area contributed by atoms with Crippen LogP contribution < -0.4 is 4.90 Å². The molecule has 2 rings (SSSR count). The Balaban J connectivity index is 2.15. The zero-order valence-electron chi connectivity index (χ0n) is 11.7. The lowest BCUT2D eigenvalue weighted by molar-refractivity contribution is -0.384. The largest absolute Gasteiger partial charge is 0.369 e. The summed E-state index contributed by atoms with van der Waals surface area (Å²) in [5, 5.41) is 11.2. The van der Waals surface area contributed by atoms with E-state index in [2.05, 4.69) is 4.98 Å². The molecule has 5 nitrogen and oxygen atoms in total. The van der Waals surface area contributed by atoms with Gasteiger partial charge in [-0.1, -0.05) is 6.07 Å². The molecule has 6 heteroatoms. The third kappa shape index (κ3) is 3.92. The Kier molecular flexibility index (Phi) is 5.11. The number of aromatic nitrogens is 1. The summed E-state index contributed by atoms with van der Waals surface area (Å²) in [6, 6.07) is 8.99. The van der Waals surface area contributed by atoms with E-state index in [-0.39, 0.29) is 16.5 Å². The fourth-order valence-corrected chi connectivity index (χ4v) is 2.25. The number of nitro benzene ring substituents is 1. The van der Waals surface area contributed by atoms with Gasteiger partial charge in [-0.2, -0.15) is 0 Å². The highest BCUT2D eigenvalue weighted by molar-refractivity contribution is 6.17. The van der Waals surface area contributed by atoms with Crippen LogP contribution in [-0.4, -0.2) is 23.5 Å². The number of pyridine rings is 1. The molecule has 0 aliphatic rings. The minimum atomic E-state index is -0.367. The Hall–Kier alpha value is -2.14. The molecule has 2 aromatic rings. The average Bonchev–Trinajstić information content (AvgIpc) is 2.52. The molecule has 1 heterocycles. The summed E-state index contributed by atoms with van der Waals surface area (Å²) >= 11 is 5.73. The number of nitro groups is 1. The molecule has 0 radical (unpaired) electrons. The van der Waals surface area contributed by atoms with Gasteiger partial charge in [-0.25, -0.2) is 0 Å². The highest BCUT2D eigenvalue weighted by Gasteiger charge is 2.17. The van der Waals surface area contributed by atoms with E-state index >= 15 is 0 Å². The molecule has 0 N–H and O–H groups in total. The molecule has 0 aliphatic heterocycles. The summed E-state index contributed by atoms with van der Waals surface area (Å²) in [7, 11) is 1.85. The van der Waals surface area contributed by atoms with Gasteiger partial charge in [0.05, 0.1) is 4.92 Å². The van der Waals surface area contributed by atoms with E-state index in [9.17, 15) is 10.1 Å². The van der Waals surface area contributed by atoms with Crippen LogP contribution in [0.5, 0.6) is 0 Å². The van der Waals surface area contributed by atoms with Crippen molar-refractivity contribution in [2.24, 2.45) is 0 Å². The first-order chi connectivity index (χ1) is 10.1. The van der Waals surface area contributed by atoms with Crippen LogP contribution in [0.4, 0.5) is 11.4 Å². The number of hydrogen-bond acceptors (Lipinski definition) is 4. The summed E-state index contributed by atoms with van der Waals surface area (Å²) in [5.74, 6) is 0.266. The molecule has 0 fully saturated rings. The van der Waals surface area contributed by atoms with Crippen LogP contribution in [-0.2, 0) is 12.3 Å². The topological polar surface area (TPSA) is 59.3 Å². The van der Waals surface area contributed by atoms with E-state index < -0.39 is 0 Å². The van der Waals surface area contributed by atoms with E-state index in [0.717, 1.165) is 17.5 Å². The SMILES string of the molecule is CN(CCc1ccncc1)c1ccc(CCl)cc1[N+](=O)[O-]. The number of halogens is 1. The van der Waals surface area contributed by atoms with Crippen molar-refractivity contribution in [3.05, 3.63) is 64.0 Å². The van der Waals surface area contributed by atoms with Gasteiger partial charge in [-0.3, -0.25) is 15.1 Å². The fourth-order valence-electron chi connectivity index (χ4n) is 2.09. The minimum absolute atomic E-state index is 0.0883. The fraction of sp³-hybridized carbons (Fsp3) is 0.267. The van der Waals surface area contributed by atoms with Crippen molar-refractivity contribution < 1.29 is 4.92 Å². The molecule has 0 unspecified atom stereocenters. The summed E-state index contributed by atoms with van der Waals surface area (Å²) < 4.78 is 0. The van der Waals surface area contributed by atoms with Gasteiger partial charge in [0.15, 0.2) is 0 Å². The van der Waals surface area contributed by atoms with Gasteiger partial charge >= 0.3 is 0 Å². The van der Waals surface area contributed by atoms with Crippen LogP contribution in [0, 0.1) is 10.1 Å². The van der Waals surface area contributed by atoms with E-state index in [1.807, 2.05) is 30.1 Å². The second-order valence-electron chi connectivity index (χ2n) is 4.74. The van der Waals surface area contributed by atoms with Crippen LogP contribution in [0.1, 0.15) is 11.1 Å². The molecule has 1 aromatic heterocycles. The monoisotopic (exact) mass is 305 g/mol. The molecule has 21 heavy (non-hydrogen) atoms. The van der Waals surface area contributed by atoms with E-state index in [4.69, 9.17) is 11.6 Å². The summed E-state index contributed by atoms with van der Waals surface area (Å²) in [5.41, 5.74) is 2.58. The molecular formula is C15H16ClN3O2. The van der Waals surface area contributed by atoms with Gasteiger partial charge < -0.3 is 4.90 Å². The first kappa shape index (κ1) is 15.3. The number of nitrogens with zero attached hydrogens (tertiary/aromatic N) is 3. The molecule has 0 atom stereocenters. The Morgan fingerprint density at radius 1 is 1.24 bits per heavy atom. The Labute approximate surface area is 128 Å². The molecule has 0 aliphatic carbocycles. The molecule has 1 aromatic carbocycles. The maximum Gasteiger partial charge on any atom is 0.292 e. The smallest absolute Gasteiger partial charge is 0.292 e. The molecule has 0 amide bonds. The zero-order chi connectivity index (χ0) is 15.2. The lowest BCUT2D eigenvalue weighted by atomic mass is 10.1. The third-order valence-electron chi connectivity index (χ3n) is 3.29. The number of rotatable bonds is 6. The number of benzene rings is 1. The van der Waals surface area contributed by atoms with Crippen molar-refractivity contribution in [3.63, 3.8) is 0 Å². The van der Waals surface area contributed by atoms with Crippen molar-refractivity contribution in [1.82, 2.24) is 4.98 Å². The molecular weight excluding hydrogens is 290 g/mol. The van der Waals surface area contributed by atoms with Crippen molar-refractivity contribution in [2.45, 2.75) is 12.3 Å². The first-order valence-corrected chi connectivity index (χ1v) is 7.08. The van der Waals surface area contributed by atoms with Crippen molar-refractivity contribution in [3.8, 4) is 0 Å². The number of alkyl halides is 1. The van der Waals surface area contributed by atoms with Gasteiger partial charge in [-0.05, 0) is 35.7 Å². The van der Waals surface area contributed by atoms with Crippen molar-refractivity contribution >= 4 is 23.0 Å². The molecule has 0 spiro atoms. The van der Waals surface area contributed by atoms with Gasteiger partial charge in [0.25, 0.3) is 5.69 Å². The Morgan fingerprint density at radius 3 is 2.57 bits per heavy atom. The molecule has 0 saturated carbocycles. The van der Waals surface area contributed by atoms with Gasteiger partial charge in [0.2, 0.25) is 0 Å². The van der Waals surface area contributed by atoms with Crippen LogP contribution >= 0.6 is 11.6 Å². The first-order valence-electron chi connectivity index (χ1n) is 6.55. The van der Waals surface area contributed by atoms with E-state index in [1.54, 1.807) is 18.5 Å². The number of likely N-dealkylation sites (N-methyl/N-ethyl adjacent to an activating group) is 1. The maximum atomic E-state index is 11.2. The number of anilines is 1. The van der Waals surface area contributed by atoms with E-state index in [1.165, 1.54) is 6.07 Å². The summed E-state index contributed by atoms with van der Waals surface area (Å²) in [6.07, 6.45) is 4.29. The average molecular weight is 306 g/mol. The quantitative estimate of drug-likeness (QED) is 0.466. The van der Waals surface area contributed by atoms with Crippen molar-refractivity contribution in [2.75, 3.05) is 18.5 Å². The standard InChI is InChI=1S/C15H16ClN3O2/c1-18(9-6-12-4-7-17-8-5-12)14-3-2-13(11-16)10-15(14)19(20)21/h2-5,7-8,10H,6,9,11H2,1H3. The molecule has 110 valence electrons. The van der Waals surface area contributed by atoms with Gasteiger partial charge in [0, 0.05) is 37.9 Å². The van der Waals surface area contributed by atoms with Crippen molar-refractivity contribution in [1.29, 1.82) is 0 Å². The van der Waals surface area contributed by atoms with Gasteiger partial charge in [0.1, 0.15) is 5.69 Å². The van der Waals surface area contributed by atoms with Crippen LogP contribution in [0.2, 0.25) is 0 Å². The Bertz CT molecular complexity index is 620. The van der Waals surface area contributed by atoms with E-state index in [0.29, 0.717) is 12.2 Å². The molecule has 0 bridgehead atoms. The third-order valence-corrected chi connectivity index (χ3v) is 3.60. The predicted molar refractivity (Wildman–Crippen MR) is 83.9 cm³/mol. The Morgan fingerprint density at radius 2 is 1.95 bits per heavy atom. The minimum Gasteiger partial charge on any atom is -0.369 e. The predicted octanol–water partition coefficient (Wildman–Crippen LogP) is 3.41. The lowest BCUT2D eigenvalue weighted by Crippen LogP contribution is -2.21. The highest BCUT2D eigenvalue weighted by atomic mass is 35.5. The van der Waals surface area contributed by atoms with Crippen LogP contribution in [0.15, 0.2) is 42.7 Å². The second kappa shape index (κ2) is 7.04. The number of hydrogen-bond donors (Lipinski definition) is 0. The summed E-state index contributed by atoms with van der Waals surface area (Å²) in [4.78, 5) is 16.7. The second-order valence-corrected chi connectivity index (χ2v) is 5.01. The lowest BCUT2D eigenvalue weighted by Gasteiger charge is -2.19. The summed E-state index contributed by atoms with van der Waals surface area (Å²) in [6.45, 7) is 0.686. The highest BCUT2D eigenvalue weighted by Crippen LogP contribution is 2.29.